The molecule has 0 aliphatic heterocycles. The molecule has 0 fully saturated rings. The number of hydrogen-bond acceptors (Lipinski definition) is 6. The molecule has 4 aromatic rings. The predicted molar refractivity (Wildman–Crippen MR) is 137 cm³/mol. The zero-order valence-electron chi connectivity index (χ0n) is 20.4. The van der Waals surface area contributed by atoms with Crippen LogP contribution in [-0.2, 0) is 4.79 Å². The Morgan fingerprint density at radius 1 is 0.943 bits per heavy atom. The zero-order chi connectivity index (χ0) is 24.9. The first-order valence-electron chi connectivity index (χ1n) is 11.2. The number of carbonyl (C=O) groups excluding carboxylic acids is 1. The number of ether oxygens (including phenoxy) is 3. The van der Waals surface area contributed by atoms with Crippen LogP contribution in [0.2, 0.25) is 0 Å². The maximum absolute atomic E-state index is 12.4. The minimum Gasteiger partial charge on any atom is -0.493 e. The lowest BCUT2D eigenvalue weighted by Crippen LogP contribution is -2.07. The van der Waals surface area contributed by atoms with E-state index in [0.717, 1.165) is 5.56 Å². The molecule has 0 saturated carbocycles. The number of oxazole rings is 1. The number of nitrogens with one attached hydrogen (secondary N) is 1. The van der Waals surface area contributed by atoms with Gasteiger partial charge in [-0.2, -0.15) is 0 Å². The summed E-state index contributed by atoms with van der Waals surface area (Å²) < 4.78 is 22.1. The smallest absolute Gasteiger partial charge is 0.248 e. The van der Waals surface area contributed by atoms with Crippen molar-refractivity contribution in [1.82, 2.24) is 4.98 Å². The van der Waals surface area contributed by atoms with Crippen molar-refractivity contribution in [1.29, 1.82) is 0 Å². The Labute approximate surface area is 204 Å². The minimum atomic E-state index is -0.231. The van der Waals surface area contributed by atoms with Crippen LogP contribution >= 0.6 is 0 Å². The van der Waals surface area contributed by atoms with Crippen molar-refractivity contribution in [2.45, 2.75) is 19.8 Å². The molecule has 7 heteroatoms. The van der Waals surface area contributed by atoms with Crippen LogP contribution in [-0.4, -0.2) is 32.2 Å². The lowest BCUT2D eigenvalue weighted by Gasteiger charge is -2.12. The molecule has 0 unspecified atom stereocenters. The highest BCUT2D eigenvalue weighted by molar-refractivity contribution is 6.02. The van der Waals surface area contributed by atoms with Crippen LogP contribution in [0.3, 0.4) is 0 Å². The van der Waals surface area contributed by atoms with E-state index in [0.29, 0.717) is 51.4 Å². The van der Waals surface area contributed by atoms with E-state index in [4.69, 9.17) is 18.6 Å². The lowest BCUT2D eigenvalue weighted by atomic mass is 10.0. The Morgan fingerprint density at radius 2 is 1.63 bits per heavy atom. The summed E-state index contributed by atoms with van der Waals surface area (Å²) in [4.78, 5) is 17.0. The highest BCUT2D eigenvalue weighted by Gasteiger charge is 2.17. The summed E-state index contributed by atoms with van der Waals surface area (Å²) in [6, 6.07) is 17.0. The number of rotatable bonds is 8. The van der Waals surface area contributed by atoms with Gasteiger partial charge in [0.1, 0.15) is 5.52 Å². The number of hydrogen-bond donors (Lipinski definition) is 1. The van der Waals surface area contributed by atoms with Crippen molar-refractivity contribution >= 4 is 28.8 Å². The number of nitrogens with zero attached hydrogens (tertiary/aromatic N) is 1. The first kappa shape index (κ1) is 23.9. The molecule has 3 aromatic carbocycles. The van der Waals surface area contributed by atoms with Crippen molar-refractivity contribution in [2.24, 2.45) is 0 Å². The van der Waals surface area contributed by atoms with Crippen LogP contribution in [0.1, 0.15) is 30.9 Å². The normalized spacial score (nSPS) is 11.3. The molecule has 180 valence electrons. The van der Waals surface area contributed by atoms with Crippen LogP contribution in [0, 0.1) is 0 Å². The SMILES string of the molecule is COc1cc(-c2nc3cc(NC(=O)/C=C/c4ccc(C(C)C)cc4)ccc3o2)cc(OC)c1OC. The van der Waals surface area contributed by atoms with Crippen molar-refractivity contribution in [2.75, 3.05) is 26.6 Å². The largest absolute Gasteiger partial charge is 0.493 e. The molecule has 1 amide bonds. The molecule has 1 N–H and O–H groups in total. The molecule has 7 nitrogen and oxygen atoms in total. The number of fused-ring (bicyclic) bond motifs is 1. The maximum atomic E-state index is 12.4. The summed E-state index contributed by atoms with van der Waals surface area (Å²) in [5.41, 5.74) is 4.72. The topological polar surface area (TPSA) is 82.8 Å². The second-order valence-electron chi connectivity index (χ2n) is 8.26. The average molecular weight is 473 g/mol. The number of anilines is 1. The highest BCUT2D eigenvalue weighted by Crippen LogP contribution is 2.41. The first-order chi connectivity index (χ1) is 16.9. The van der Waals surface area contributed by atoms with Gasteiger partial charge in [0, 0.05) is 17.3 Å². The third kappa shape index (κ3) is 5.30. The van der Waals surface area contributed by atoms with E-state index in [9.17, 15) is 4.79 Å². The lowest BCUT2D eigenvalue weighted by molar-refractivity contribution is -0.111. The quantitative estimate of drug-likeness (QED) is 0.303. The Balaban J connectivity index is 1.52. The molecule has 0 bridgehead atoms. The van der Waals surface area contributed by atoms with Gasteiger partial charge in [-0.05, 0) is 53.5 Å². The Kier molecular flexibility index (Phi) is 7.06. The van der Waals surface area contributed by atoms with E-state index < -0.39 is 0 Å². The third-order valence-corrected chi connectivity index (χ3v) is 5.60. The van der Waals surface area contributed by atoms with Gasteiger partial charge < -0.3 is 23.9 Å². The zero-order valence-corrected chi connectivity index (χ0v) is 20.4. The van der Waals surface area contributed by atoms with Crippen LogP contribution < -0.4 is 19.5 Å². The molecule has 0 spiro atoms. The standard InChI is InChI=1S/C28H28N2O5/c1-17(2)19-9-6-18(7-10-19)8-13-26(31)29-21-11-12-23-22(16-21)30-28(35-23)20-14-24(32-3)27(34-5)25(15-20)33-4/h6-17H,1-5H3,(H,29,31)/b13-8+. The molecule has 35 heavy (non-hydrogen) atoms. The number of carbonyl (C=O) groups is 1. The van der Waals surface area contributed by atoms with Gasteiger partial charge in [0.2, 0.25) is 17.5 Å². The van der Waals surface area contributed by atoms with E-state index in [1.807, 2.05) is 12.1 Å². The van der Waals surface area contributed by atoms with Crippen molar-refractivity contribution in [3.05, 3.63) is 71.8 Å². The fourth-order valence-electron chi connectivity index (χ4n) is 3.68. The summed E-state index contributed by atoms with van der Waals surface area (Å²) in [5, 5.41) is 2.87. The molecule has 0 atom stereocenters. The van der Waals surface area contributed by atoms with E-state index in [2.05, 4.69) is 36.3 Å². The van der Waals surface area contributed by atoms with Crippen LogP contribution in [0.5, 0.6) is 17.2 Å². The summed E-state index contributed by atoms with van der Waals surface area (Å²) in [6.45, 7) is 4.30. The third-order valence-electron chi connectivity index (χ3n) is 5.60. The summed E-state index contributed by atoms with van der Waals surface area (Å²) >= 11 is 0. The molecule has 1 heterocycles. The molecule has 0 aliphatic carbocycles. The monoisotopic (exact) mass is 472 g/mol. The molecule has 0 saturated heterocycles. The average Bonchev–Trinajstić information content (AvgIpc) is 3.30. The van der Waals surface area contributed by atoms with Gasteiger partial charge in [-0.3, -0.25) is 4.79 Å². The van der Waals surface area contributed by atoms with Gasteiger partial charge in [-0.25, -0.2) is 4.98 Å². The molecule has 4 rings (SSSR count). The fraction of sp³-hybridized carbons (Fsp3) is 0.214. The van der Waals surface area contributed by atoms with Gasteiger partial charge in [-0.15, -0.1) is 0 Å². The number of amides is 1. The van der Waals surface area contributed by atoms with Gasteiger partial charge >= 0.3 is 0 Å². The van der Waals surface area contributed by atoms with Crippen LogP contribution in [0.25, 0.3) is 28.6 Å². The predicted octanol–water partition coefficient (Wildman–Crippen LogP) is 6.30. The van der Waals surface area contributed by atoms with Crippen molar-refractivity contribution in [3.8, 4) is 28.7 Å². The Morgan fingerprint density at radius 3 is 2.23 bits per heavy atom. The van der Waals surface area contributed by atoms with Gasteiger partial charge in [-0.1, -0.05) is 38.1 Å². The summed E-state index contributed by atoms with van der Waals surface area (Å²) in [5.74, 6) is 2.13. The van der Waals surface area contributed by atoms with E-state index in [1.165, 1.54) is 11.6 Å². The molecule has 1 aromatic heterocycles. The summed E-state index contributed by atoms with van der Waals surface area (Å²) in [6.07, 6.45) is 3.30. The Hall–Kier alpha value is -4.26. The fourth-order valence-corrected chi connectivity index (χ4v) is 3.68. The highest BCUT2D eigenvalue weighted by atomic mass is 16.5. The van der Waals surface area contributed by atoms with Gasteiger partial charge in [0.15, 0.2) is 17.1 Å². The summed E-state index contributed by atoms with van der Waals surface area (Å²) in [7, 11) is 4.65. The first-order valence-corrected chi connectivity index (χ1v) is 11.2. The molecule has 0 aliphatic rings. The maximum Gasteiger partial charge on any atom is 0.248 e. The Bertz CT molecular complexity index is 1350. The van der Waals surface area contributed by atoms with E-state index >= 15 is 0 Å². The van der Waals surface area contributed by atoms with E-state index in [-0.39, 0.29) is 5.91 Å². The minimum absolute atomic E-state index is 0.231. The van der Waals surface area contributed by atoms with Gasteiger partial charge in [0.05, 0.1) is 21.3 Å². The van der Waals surface area contributed by atoms with Gasteiger partial charge in [0.25, 0.3) is 0 Å². The van der Waals surface area contributed by atoms with Crippen LogP contribution in [0.4, 0.5) is 5.69 Å². The van der Waals surface area contributed by atoms with Crippen LogP contribution in [0.15, 0.2) is 65.1 Å². The molecular formula is C28H28N2O5. The number of benzene rings is 3. The van der Waals surface area contributed by atoms with Crippen molar-refractivity contribution in [3.63, 3.8) is 0 Å². The number of methoxy groups -OCH3 is 3. The molecule has 0 radical (unpaired) electrons. The molecular weight excluding hydrogens is 444 g/mol. The van der Waals surface area contributed by atoms with E-state index in [1.54, 1.807) is 57.7 Å². The number of aromatic nitrogens is 1. The second kappa shape index (κ2) is 10.3. The second-order valence-corrected chi connectivity index (χ2v) is 8.26. The van der Waals surface area contributed by atoms with Crippen molar-refractivity contribution < 1.29 is 23.4 Å².